The summed E-state index contributed by atoms with van der Waals surface area (Å²) in [6, 6.07) is 8.23. The fourth-order valence-corrected chi connectivity index (χ4v) is 5.60. The standard InChI is InChI=1S/C17H20Cl2N2O5S2/c1-11(2)20-28(24,25)12-7-8-17(26-3)16(9-12)21-27(22,23)10-13-14(18)5-4-6-15(13)19/h4-9,11,20-21H,10H2,1-3H3. The molecule has 0 aromatic heterocycles. The molecule has 0 amide bonds. The highest BCUT2D eigenvalue weighted by atomic mass is 35.5. The average molecular weight is 467 g/mol. The van der Waals surface area contributed by atoms with E-state index in [0.29, 0.717) is 0 Å². The van der Waals surface area contributed by atoms with Gasteiger partial charge in [0.1, 0.15) is 5.75 Å². The van der Waals surface area contributed by atoms with Crippen molar-refractivity contribution in [3.8, 4) is 5.75 Å². The first-order valence-corrected chi connectivity index (χ1v) is 12.0. The van der Waals surface area contributed by atoms with E-state index in [-0.39, 0.29) is 38.0 Å². The number of anilines is 1. The normalized spacial score (nSPS) is 12.2. The lowest BCUT2D eigenvalue weighted by atomic mass is 10.2. The van der Waals surface area contributed by atoms with E-state index >= 15 is 0 Å². The molecule has 28 heavy (non-hydrogen) atoms. The number of halogens is 2. The number of nitrogens with one attached hydrogen (secondary N) is 2. The summed E-state index contributed by atoms with van der Waals surface area (Å²) in [6.07, 6.45) is 0. The van der Waals surface area contributed by atoms with Gasteiger partial charge < -0.3 is 4.74 Å². The molecule has 154 valence electrons. The summed E-state index contributed by atoms with van der Waals surface area (Å²) in [6.45, 7) is 3.36. The molecule has 0 aliphatic heterocycles. The van der Waals surface area contributed by atoms with Crippen LogP contribution in [0.5, 0.6) is 5.75 Å². The SMILES string of the molecule is COc1ccc(S(=O)(=O)NC(C)C)cc1NS(=O)(=O)Cc1c(Cl)cccc1Cl. The maximum Gasteiger partial charge on any atom is 0.240 e. The van der Waals surface area contributed by atoms with Crippen LogP contribution in [0.3, 0.4) is 0 Å². The summed E-state index contributed by atoms with van der Waals surface area (Å²) in [7, 11) is -6.44. The van der Waals surface area contributed by atoms with Crippen LogP contribution in [-0.4, -0.2) is 30.0 Å². The van der Waals surface area contributed by atoms with Gasteiger partial charge in [-0.25, -0.2) is 21.6 Å². The van der Waals surface area contributed by atoms with Crippen molar-refractivity contribution >= 4 is 48.9 Å². The van der Waals surface area contributed by atoms with Gasteiger partial charge in [-0.1, -0.05) is 29.3 Å². The predicted molar refractivity (Wildman–Crippen MR) is 111 cm³/mol. The van der Waals surface area contributed by atoms with Gasteiger partial charge in [-0.3, -0.25) is 4.72 Å². The first-order valence-electron chi connectivity index (χ1n) is 8.09. The van der Waals surface area contributed by atoms with E-state index in [1.165, 1.54) is 37.4 Å². The van der Waals surface area contributed by atoms with Crippen molar-refractivity contribution in [2.75, 3.05) is 11.8 Å². The number of methoxy groups -OCH3 is 1. The lowest BCUT2D eigenvalue weighted by Gasteiger charge is -2.15. The maximum absolute atomic E-state index is 12.6. The van der Waals surface area contributed by atoms with E-state index < -0.39 is 25.8 Å². The Hall–Kier alpha value is -1.52. The Labute approximate surface area is 175 Å². The molecule has 0 heterocycles. The minimum Gasteiger partial charge on any atom is -0.495 e. The Kier molecular flexibility index (Phi) is 7.22. The molecule has 2 aromatic carbocycles. The van der Waals surface area contributed by atoms with E-state index in [1.807, 2.05) is 0 Å². The zero-order valence-electron chi connectivity index (χ0n) is 15.4. The van der Waals surface area contributed by atoms with Gasteiger partial charge in [0.05, 0.1) is 23.4 Å². The Morgan fingerprint density at radius 3 is 2.18 bits per heavy atom. The topological polar surface area (TPSA) is 102 Å². The second kappa shape index (κ2) is 8.87. The van der Waals surface area contributed by atoms with Crippen LogP contribution >= 0.6 is 23.2 Å². The fourth-order valence-electron chi connectivity index (χ4n) is 2.38. The molecule has 2 rings (SSSR count). The van der Waals surface area contributed by atoms with Gasteiger partial charge in [-0.2, -0.15) is 0 Å². The number of benzene rings is 2. The van der Waals surface area contributed by atoms with E-state index in [2.05, 4.69) is 9.44 Å². The molecule has 0 saturated heterocycles. The van der Waals surface area contributed by atoms with Crippen molar-refractivity contribution in [3.05, 3.63) is 52.0 Å². The highest BCUT2D eigenvalue weighted by molar-refractivity contribution is 7.92. The third-order valence-corrected chi connectivity index (χ3v) is 7.10. The predicted octanol–water partition coefficient (Wildman–Crippen LogP) is 3.63. The zero-order chi connectivity index (χ0) is 21.1. The van der Waals surface area contributed by atoms with Gasteiger partial charge >= 0.3 is 0 Å². The van der Waals surface area contributed by atoms with Gasteiger partial charge in [0.15, 0.2) is 0 Å². The first-order chi connectivity index (χ1) is 12.9. The molecule has 0 aliphatic carbocycles. The quantitative estimate of drug-likeness (QED) is 0.618. The monoisotopic (exact) mass is 466 g/mol. The first kappa shape index (κ1) is 22.8. The molecule has 0 unspecified atom stereocenters. The molecule has 0 atom stereocenters. The summed E-state index contributed by atoms with van der Waals surface area (Å²) in [5.74, 6) is -0.326. The van der Waals surface area contributed by atoms with E-state index in [1.54, 1.807) is 19.9 Å². The van der Waals surface area contributed by atoms with Gasteiger partial charge in [0.25, 0.3) is 0 Å². The van der Waals surface area contributed by atoms with Crippen LogP contribution in [0.25, 0.3) is 0 Å². The third kappa shape index (κ3) is 5.74. The number of hydrogen-bond acceptors (Lipinski definition) is 5. The second-order valence-electron chi connectivity index (χ2n) is 6.20. The molecular weight excluding hydrogens is 447 g/mol. The molecule has 2 N–H and O–H groups in total. The summed E-state index contributed by atoms with van der Waals surface area (Å²) in [4.78, 5) is -0.101. The summed E-state index contributed by atoms with van der Waals surface area (Å²) < 4.78 is 59.9. The van der Waals surface area contributed by atoms with Gasteiger partial charge in [-0.15, -0.1) is 0 Å². The van der Waals surface area contributed by atoms with Crippen molar-refractivity contribution in [2.45, 2.75) is 30.5 Å². The summed E-state index contributed by atoms with van der Waals surface area (Å²) in [5.41, 5.74) is 0.222. The van der Waals surface area contributed by atoms with Gasteiger partial charge in [0, 0.05) is 21.7 Å². The lowest BCUT2D eigenvalue weighted by Crippen LogP contribution is -2.30. The molecule has 7 nitrogen and oxygen atoms in total. The van der Waals surface area contributed by atoms with Gasteiger partial charge in [-0.05, 0) is 44.2 Å². The third-order valence-electron chi connectivity index (χ3n) is 3.53. The summed E-state index contributed by atoms with van der Waals surface area (Å²) in [5, 5.41) is 0.421. The van der Waals surface area contributed by atoms with Crippen LogP contribution in [0.15, 0.2) is 41.3 Å². The second-order valence-corrected chi connectivity index (χ2v) is 10.5. The minimum atomic E-state index is -3.96. The van der Waals surface area contributed by atoms with E-state index in [4.69, 9.17) is 27.9 Å². The molecule has 0 saturated carbocycles. The molecule has 11 heteroatoms. The number of rotatable bonds is 8. The van der Waals surface area contributed by atoms with Gasteiger partial charge in [0.2, 0.25) is 20.0 Å². The van der Waals surface area contributed by atoms with Crippen LogP contribution in [-0.2, 0) is 25.8 Å². The van der Waals surface area contributed by atoms with Crippen LogP contribution in [0.1, 0.15) is 19.4 Å². The number of ether oxygens (including phenoxy) is 1. The Bertz CT molecular complexity index is 1050. The average Bonchev–Trinajstić information content (AvgIpc) is 2.57. The maximum atomic E-state index is 12.6. The Morgan fingerprint density at radius 1 is 1.04 bits per heavy atom. The van der Waals surface area contributed by atoms with Crippen molar-refractivity contribution < 1.29 is 21.6 Å². The largest absolute Gasteiger partial charge is 0.495 e. The Morgan fingerprint density at radius 2 is 1.64 bits per heavy atom. The van der Waals surface area contributed by atoms with Crippen LogP contribution in [0, 0.1) is 0 Å². The highest BCUT2D eigenvalue weighted by Crippen LogP contribution is 2.31. The fraction of sp³-hybridized carbons (Fsp3) is 0.294. The molecule has 0 aliphatic rings. The zero-order valence-corrected chi connectivity index (χ0v) is 18.5. The highest BCUT2D eigenvalue weighted by Gasteiger charge is 2.22. The number of hydrogen-bond donors (Lipinski definition) is 2. The van der Waals surface area contributed by atoms with Crippen molar-refractivity contribution in [2.24, 2.45) is 0 Å². The summed E-state index contributed by atoms with van der Waals surface area (Å²) >= 11 is 12.1. The number of sulfonamides is 2. The van der Waals surface area contributed by atoms with E-state index in [0.717, 1.165) is 0 Å². The van der Waals surface area contributed by atoms with Crippen molar-refractivity contribution in [1.29, 1.82) is 0 Å². The minimum absolute atomic E-state index is 0.0164. The Balaban J connectivity index is 2.40. The molecule has 0 bridgehead atoms. The molecule has 0 fully saturated rings. The molecule has 0 spiro atoms. The van der Waals surface area contributed by atoms with Crippen LogP contribution in [0.4, 0.5) is 5.69 Å². The molecule has 2 aromatic rings. The lowest BCUT2D eigenvalue weighted by molar-refractivity contribution is 0.416. The smallest absolute Gasteiger partial charge is 0.240 e. The van der Waals surface area contributed by atoms with E-state index in [9.17, 15) is 16.8 Å². The van der Waals surface area contributed by atoms with Crippen molar-refractivity contribution in [3.63, 3.8) is 0 Å². The van der Waals surface area contributed by atoms with Crippen LogP contribution < -0.4 is 14.2 Å². The van der Waals surface area contributed by atoms with Crippen molar-refractivity contribution in [1.82, 2.24) is 4.72 Å². The molecular formula is C17H20Cl2N2O5S2. The van der Waals surface area contributed by atoms with Crippen LogP contribution in [0.2, 0.25) is 10.0 Å². The molecule has 0 radical (unpaired) electrons.